The van der Waals surface area contributed by atoms with Crippen molar-refractivity contribution in [2.24, 2.45) is 0 Å². The first-order valence-corrected chi connectivity index (χ1v) is 7.44. The summed E-state index contributed by atoms with van der Waals surface area (Å²) in [7, 11) is 1.27. The van der Waals surface area contributed by atoms with Gasteiger partial charge in [-0.05, 0) is 24.3 Å². The van der Waals surface area contributed by atoms with Crippen LogP contribution in [0.5, 0.6) is 5.75 Å². The van der Waals surface area contributed by atoms with E-state index < -0.39 is 34.8 Å². The van der Waals surface area contributed by atoms with E-state index in [1.165, 1.54) is 25.3 Å². The number of nitrogens with one attached hydrogen (secondary N) is 1. The highest BCUT2D eigenvalue weighted by Gasteiger charge is 2.17. The topological polar surface area (TPSA) is 108 Å². The Kier molecular flexibility index (Phi) is 6.07. The maximum absolute atomic E-state index is 13.6. The van der Waals surface area contributed by atoms with E-state index in [-0.39, 0.29) is 22.1 Å². The second-order valence-corrected chi connectivity index (χ2v) is 5.33. The Bertz CT molecular complexity index is 874. The lowest BCUT2D eigenvalue weighted by atomic mass is 10.2. The number of halogens is 2. The molecular formula is C16H12ClFN2O6. The first kappa shape index (κ1) is 19.1. The van der Waals surface area contributed by atoms with Crippen molar-refractivity contribution in [1.82, 2.24) is 0 Å². The number of esters is 1. The SMILES string of the molecule is COc1cc([N+](=O)[O-])ccc1NC(=O)COC(=O)c1cc(Cl)ccc1F. The standard InChI is InChI=1S/C16H12ClFN2O6/c1-25-14-7-10(20(23)24)3-5-13(14)19-15(21)8-26-16(22)11-6-9(17)2-4-12(11)18/h2-7H,8H2,1H3,(H,19,21). The molecule has 0 aromatic heterocycles. The highest BCUT2D eigenvalue weighted by atomic mass is 35.5. The molecule has 0 heterocycles. The van der Waals surface area contributed by atoms with Crippen LogP contribution in [-0.2, 0) is 9.53 Å². The largest absolute Gasteiger partial charge is 0.494 e. The first-order valence-electron chi connectivity index (χ1n) is 7.06. The van der Waals surface area contributed by atoms with E-state index in [1.807, 2.05) is 0 Å². The highest BCUT2D eigenvalue weighted by Crippen LogP contribution is 2.28. The lowest BCUT2D eigenvalue weighted by Gasteiger charge is -2.10. The zero-order valence-electron chi connectivity index (χ0n) is 13.3. The number of nitrogens with zero attached hydrogens (tertiary/aromatic N) is 1. The van der Waals surface area contributed by atoms with Crippen LogP contribution >= 0.6 is 11.6 Å². The number of rotatable bonds is 6. The van der Waals surface area contributed by atoms with E-state index in [4.69, 9.17) is 21.1 Å². The smallest absolute Gasteiger partial charge is 0.341 e. The third-order valence-electron chi connectivity index (χ3n) is 3.15. The van der Waals surface area contributed by atoms with Gasteiger partial charge >= 0.3 is 5.97 Å². The number of anilines is 1. The average Bonchev–Trinajstić information content (AvgIpc) is 2.61. The molecule has 0 saturated carbocycles. The van der Waals surface area contributed by atoms with Gasteiger partial charge in [-0.1, -0.05) is 11.6 Å². The summed E-state index contributed by atoms with van der Waals surface area (Å²) in [6.45, 7) is -0.703. The van der Waals surface area contributed by atoms with E-state index in [0.29, 0.717) is 0 Å². The van der Waals surface area contributed by atoms with Crippen molar-refractivity contribution in [3.05, 3.63) is 62.9 Å². The molecule has 1 amide bonds. The van der Waals surface area contributed by atoms with Gasteiger partial charge in [-0.15, -0.1) is 0 Å². The van der Waals surface area contributed by atoms with E-state index in [2.05, 4.69) is 5.32 Å². The van der Waals surface area contributed by atoms with Crippen molar-refractivity contribution in [2.45, 2.75) is 0 Å². The number of methoxy groups -OCH3 is 1. The molecule has 0 aliphatic carbocycles. The lowest BCUT2D eigenvalue weighted by Crippen LogP contribution is -2.21. The maximum Gasteiger partial charge on any atom is 0.341 e. The molecule has 0 atom stereocenters. The zero-order chi connectivity index (χ0) is 19.3. The molecule has 2 aromatic rings. The molecule has 1 N–H and O–H groups in total. The van der Waals surface area contributed by atoms with Gasteiger partial charge in [-0.2, -0.15) is 0 Å². The summed E-state index contributed by atoms with van der Waals surface area (Å²) in [4.78, 5) is 33.8. The Balaban J connectivity index is 2.02. The van der Waals surface area contributed by atoms with Gasteiger partial charge in [0.15, 0.2) is 6.61 Å². The van der Waals surface area contributed by atoms with E-state index >= 15 is 0 Å². The third-order valence-corrected chi connectivity index (χ3v) is 3.39. The van der Waals surface area contributed by atoms with Crippen LogP contribution in [0.4, 0.5) is 15.8 Å². The predicted octanol–water partition coefficient (Wildman–Crippen LogP) is 3.19. The monoisotopic (exact) mass is 382 g/mol. The molecule has 26 heavy (non-hydrogen) atoms. The zero-order valence-corrected chi connectivity index (χ0v) is 14.1. The summed E-state index contributed by atoms with van der Waals surface area (Å²) in [6, 6.07) is 6.92. The fourth-order valence-electron chi connectivity index (χ4n) is 1.95. The van der Waals surface area contributed by atoms with E-state index in [0.717, 1.165) is 18.2 Å². The van der Waals surface area contributed by atoms with Gasteiger partial charge in [0.1, 0.15) is 11.6 Å². The summed E-state index contributed by atoms with van der Waals surface area (Å²) < 4.78 is 23.3. The van der Waals surface area contributed by atoms with E-state index in [9.17, 15) is 24.1 Å². The van der Waals surface area contributed by atoms with Gasteiger partial charge in [0.05, 0.1) is 29.4 Å². The van der Waals surface area contributed by atoms with Crippen LogP contribution in [0.2, 0.25) is 5.02 Å². The molecule has 2 aromatic carbocycles. The predicted molar refractivity (Wildman–Crippen MR) is 90.0 cm³/mol. The van der Waals surface area contributed by atoms with Crippen LogP contribution in [-0.4, -0.2) is 30.5 Å². The van der Waals surface area contributed by atoms with Gasteiger partial charge in [0.25, 0.3) is 11.6 Å². The van der Waals surface area contributed by atoms with Gasteiger partial charge in [-0.3, -0.25) is 14.9 Å². The molecule has 0 fully saturated rings. The summed E-state index contributed by atoms with van der Waals surface area (Å²) >= 11 is 5.68. The number of hydrogen-bond acceptors (Lipinski definition) is 6. The van der Waals surface area contributed by atoms with Crippen molar-refractivity contribution < 1.29 is 28.4 Å². The molecule has 0 spiro atoms. The minimum atomic E-state index is -1.06. The number of carbonyl (C=O) groups excluding carboxylic acids is 2. The second kappa shape index (κ2) is 8.26. The van der Waals surface area contributed by atoms with Crippen molar-refractivity contribution in [3.8, 4) is 5.75 Å². The normalized spacial score (nSPS) is 10.1. The molecule has 0 aliphatic rings. The number of benzene rings is 2. The minimum absolute atomic E-state index is 0.0553. The molecule has 0 aliphatic heterocycles. The van der Waals surface area contributed by atoms with Crippen LogP contribution in [0.1, 0.15) is 10.4 Å². The maximum atomic E-state index is 13.6. The van der Waals surface area contributed by atoms with Gasteiger partial charge < -0.3 is 14.8 Å². The summed E-state index contributed by atoms with van der Waals surface area (Å²) in [6.07, 6.45) is 0. The molecule has 2 rings (SSSR count). The number of nitro benzene ring substituents is 1. The molecular weight excluding hydrogens is 371 g/mol. The van der Waals surface area contributed by atoms with Crippen molar-refractivity contribution in [2.75, 3.05) is 19.0 Å². The number of amides is 1. The summed E-state index contributed by atoms with van der Waals surface area (Å²) in [5.41, 5.74) is -0.478. The number of nitro groups is 1. The van der Waals surface area contributed by atoms with Crippen LogP contribution in [0.3, 0.4) is 0 Å². The third kappa shape index (κ3) is 4.67. The quantitative estimate of drug-likeness (QED) is 0.467. The number of ether oxygens (including phenoxy) is 2. The van der Waals surface area contributed by atoms with Crippen LogP contribution < -0.4 is 10.1 Å². The minimum Gasteiger partial charge on any atom is -0.494 e. The molecule has 0 radical (unpaired) electrons. The van der Waals surface area contributed by atoms with Crippen LogP contribution in [0.15, 0.2) is 36.4 Å². The van der Waals surface area contributed by atoms with Crippen molar-refractivity contribution >= 4 is 34.9 Å². The summed E-state index contributed by atoms with van der Waals surface area (Å²) in [5, 5.41) is 13.2. The van der Waals surface area contributed by atoms with Crippen molar-refractivity contribution in [1.29, 1.82) is 0 Å². The van der Waals surface area contributed by atoms with Gasteiger partial charge in [0.2, 0.25) is 0 Å². The first-order chi connectivity index (χ1) is 12.3. The summed E-state index contributed by atoms with van der Waals surface area (Å²) in [5.74, 6) is -2.58. The molecule has 0 unspecified atom stereocenters. The molecule has 0 saturated heterocycles. The van der Waals surface area contributed by atoms with Gasteiger partial charge in [0, 0.05) is 11.1 Å². The van der Waals surface area contributed by atoms with Crippen LogP contribution in [0, 0.1) is 15.9 Å². The lowest BCUT2D eigenvalue weighted by molar-refractivity contribution is -0.384. The molecule has 136 valence electrons. The van der Waals surface area contributed by atoms with E-state index in [1.54, 1.807) is 0 Å². The molecule has 8 nitrogen and oxygen atoms in total. The fraction of sp³-hybridized carbons (Fsp3) is 0.125. The Morgan fingerprint density at radius 3 is 2.65 bits per heavy atom. The fourth-order valence-corrected chi connectivity index (χ4v) is 2.12. The highest BCUT2D eigenvalue weighted by molar-refractivity contribution is 6.30. The number of non-ortho nitro benzene ring substituents is 1. The van der Waals surface area contributed by atoms with Crippen LogP contribution in [0.25, 0.3) is 0 Å². The van der Waals surface area contributed by atoms with Crippen molar-refractivity contribution in [3.63, 3.8) is 0 Å². The van der Waals surface area contributed by atoms with Gasteiger partial charge in [-0.25, -0.2) is 9.18 Å². The Morgan fingerprint density at radius 2 is 2.00 bits per heavy atom. The second-order valence-electron chi connectivity index (χ2n) is 4.89. The number of carbonyl (C=O) groups is 2. The Labute approximate surface area is 151 Å². The number of hydrogen-bond donors (Lipinski definition) is 1. The molecule has 10 heteroatoms. The Hall–Kier alpha value is -3.20. The molecule has 0 bridgehead atoms. The average molecular weight is 383 g/mol. The Morgan fingerprint density at radius 1 is 1.27 bits per heavy atom.